The van der Waals surface area contributed by atoms with Crippen molar-refractivity contribution in [3.8, 4) is 0 Å². The van der Waals surface area contributed by atoms with Gasteiger partial charge in [0.25, 0.3) is 0 Å². The molecule has 126 valence electrons. The van der Waals surface area contributed by atoms with Crippen LogP contribution in [0.4, 0.5) is 0 Å². The number of thioether (sulfide) groups is 1. The SMILES string of the molecule is Cc1nnc(SCC(=O)NC2CCCc3ccccc32)n1C1CC1. The van der Waals surface area contributed by atoms with E-state index in [-0.39, 0.29) is 11.9 Å². The molecule has 1 amide bonds. The largest absolute Gasteiger partial charge is 0.349 e. The third-order valence-corrected chi connectivity index (χ3v) is 5.73. The molecule has 1 N–H and O–H groups in total. The fourth-order valence-corrected chi connectivity index (χ4v) is 4.33. The van der Waals surface area contributed by atoms with E-state index < -0.39 is 0 Å². The van der Waals surface area contributed by atoms with Gasteiger partial charge in [-0.05, 0) is 50.2 Å². The van der Waals surface area contributed by atoms with Crippen molar-refractivity contribution >= 4 is 17.7 Å². The molecule has 1 saturated carbocycles. The molecule has 2 aliphatic rings. The normalized spacial score (nSPS) is 19.8. The van der Waals surface area contributed by atoms with Crippen molar-refractivity contribution in [1.29, 1.82) is 0 Å². The summed E-state index contributed by atoms with van der Waals surface area (Å²) in [5, 5.41) is 12.5. The minimum Gasteiger partial charge on any atom is -0.349 e. The molecule has 0 bridgehead atoms. The second-order valence-corrected chi connectivity index (χ2v) is 7.57. The fraction of sp³-hybridized carbons (Fsp3) is 0.500. The molecule has 0 radical (unpaired) electrons. The van der Waals surface area contributed by atoms with Gasteiger partial charge in [-0.1, -0.05) is 36.0 Å². The molecule has 0 aliphatic heterocycles. The molecule has 24 heavy (non-hydrogen) atoms. The number of aryl methyl sites for hydroxylation is 2. The van der Waals surface area contributed by atoms with Gasteiger partial charge in [0.2, 0.25) is 5.91 Å². The van der Waals surface area contributed by atoms with E-state index in [1.807, 2.05) is 6.92 Å². The Kier molecular flexibility index (Phi) is 4.31. The maximum absolute atomic E-state index is 12.4. The molecule has 0 spiro atoms. The van der Waals surface area contributed by atoms with Crippen LogP contribution in [-0.2, 0) is 11.2 Å². The minimum absolute atomic E-state index is 0.0738. The predicted octanol–water partition coefficient (Wildman–Crippen LogP) is 3.21. The van der Waals surface area contributed by atoms with Crippen LogP contribution in [0.15, 0.2) is 29.4 Å². The molecule has 1 aromatic carbocycles. The lowest BCUT2D eigenvalue weighted by Crippen LogP contribution is -2.32. The number of fused-ring (bicyclic) bond motifs is 1. The Balaban J connectivity index is 1.38. The highest BCUT2D eigenvalue weighted by Gasteiger charge is 2.28. The second-order valence-electron chi connectivity index (χ2n) is 6.63. The number of hydrogen-bond acceptors (Lipinski definition) is 4. The van der Waals surface area contributed by atoms with Gasteiger partial charge in [-0.2, -0.15) is 0 Å². The van der Waals surface area contributed by atoms with E-state index in [9.17, 15) is 4.79 Å². The number of nitrogens with zero attached hydrogens (tertiary/aromatic N) is 3. The average molecular weight is 342 g/mol. The van der Waals surface area contributed by atoms with Crippen LogP contribution in [0.5, 0.6) is 0 Å². The Morgan fingerprint density at radius 3 is 2.96 bits per heavy atom. The number of amides is 1. The lowest BCUT2D eigenvalue weighted by molar-refractivity contribution is -0.119. The van der Waals surface area contributed by atoms with Crippen molar-refractivity contribution in [3.63, 3.8) is 0 Å². The summed E-state index contributed by atoms with van der Waals surface area (Å²) in [4.78, 5) is 12.4. The van der Waals surface area contributed by atoms with Crippen molar-refractivity contribution in [2.75, 3.05) is 5.75 Å². The Hall–Kier alpha value is -1.82. The van der Waals surface area contributed by atoms with Crippen molar-refractivity contribution < 1.29 is 4.79 Å². The molecule has 1 atom stereocenters. The summed E-state index contributed by atoms with van der Waals surface area (Å²) in [6.45, 7) is 1.98. The van der Waals surface area contributed by atoms with Gasteiger partial charge in [0.1, 0.15) is 5.82 Å². The van der Waals surface area contributed by atoms with E-state index in [2.05, 4.69) is 44.3 Å². The van der Waals surface area contributed by atoms with Crippen LogP contribution in [0.2, 0.25) is 0 Å². The van der Waals surface area contributed by atoms with Gasteiger partial charge in [-0.3, -0.25) is 4.79 Å². The van der Waals surface area contributed by atoms with Crippen LogP contribution < -0.4 is 5.32 Å². The molecule has 1 heterocycles. The number of rotatable bonds is 5. The van der Waals surface area contributed by atoms with Gasteiger partial charge in [0, 0.05) is 6.04 Å². The summed E-state index contributed by atoms with van der Waals surface area (Å²) >= 11 is 1.49. The smallest absolute Gasteiger partial charge is 0.230 e. The Labute approximate surface area is 146 Å². The van der Waals surface area contributed by atoms with Crippen LogP contribution in [0.25, 0.3) is 0 Å². The zero-order chi connectivity index (χ0) is 16.5. The number of nitrogens with one attached hydrogen (secondary N) is 1. The molecule has 6 heteroatoms. The summed E-state index contributed by atoms with van der Waals surface area (Å²) < 4.78 is 2.17. The van der Waals surface area contributed by atoms with E-state index in [1.54, 1.807) is 0 Å². The molecule has 1 fully saturated rings. The average Bonchev–Trinajstić information content (AvgIpc) is 3.36. The first-order valence-corrected chi connectivity index (χ1v) is 9.62. The topological polar surface area (TPSA) is 59.8 Å². The highest BCUT2D eigenvalue weighted by molar-refractivity contribution is 7.99. The van der Waals surface area contributed by atoms with E-state index in [0.29, 0.717) is 11.8 Å². The summed E-state index contributed by atoms with van der Waals surface area (Å²) in [7, 11) is 0. The Morgan fingerprint density at radius 1 is 1.29 bits per heavy atom. The van der Waals surface area contributed by atoms with Gasteiger partial charge < -0.3 is 9.88 Å². The maximum atomic E-state index is 12.4. The van der Waals surface area contributed by atoms with E-state index in [4.69, 9.17) is 0 Å². The summed E-state index contributed by atoms with van der Waals surface area (Å²) in [6.07, 6.45) is 5.64. The highest BCUT2D eigenvalue weighted by Crippen LogP contribution is 2.38. The first-order chi connectivity index (χ1) is 11.7. The van der Waals surface area contributed by atoms with Crippen LogP contribution in [0, 0.1) is 6.92 Å². The van der Waals surface area contributed by atoms with E-state index >= 15 is 0 Å². The Bertz CT molecular complexity index is 753. The fourth-order valence-electron chi connectivity index (χ4n) is 3.47. The molecule has 2 aromatic rings. The van der Waals surface area contributed by atoms with Crippen LogP contribution >= 0.6 is 11.8 Å². The minimum atomic E-state index is 0.0738. The molecular weight excluding hydrogens is 320 g/mol. The first-order valence-electron chi connectivity index (χ1n) is 8.64. The number of aromatic nitrogens is 3. The zero-order valence-electron chi connectivity index (χ0n) is 13.9. The number of carbonyl (C=O) groups is 1. The maximum Gasteiger partial charge on any atom is 0.230 e. The van der Waals surface area contributed by atoms with Gasteiger partial charge >= 0.3 is 0 Å². The van der Waals surface area contributed by atoms with Crippen molar-refractivity contribution in [3.05, 3.63) is 41.2 Å². The van der Waals surface area contributed by atoms with Gasteiger partial charge in [0.15, 0.2) is 5.16 Å². The van der Waals surface area contributed by atoms with Gasteiger partial charge in [-0.25, -0.2) is 0 Å². The highest BCUT2D eigenvalue weighted by atomic mass is 32.2. The molecular formula is C18H22N4OS. The van der Waals surface area contributed by atoms with Crippen LogP contribution in [-0.4, -0.2) is 26.4 Å². The predicted molar refractivity (Wildman–Crippen MR) is 94.0 cm³/mol. The standard InChI is InChI=1S/C18H22N4OS/c1-12-20-21-18(22(12)14-9-10-14)24-11-17(23)19-16-8-4-6-13-5-2-3-7-15(13)16/h2-3,5,7,14,16H,4,6,8-11H2,1H3,(H,19,23). The zero-order valence-corrected chi connectivity index (χ0v) is 14.7. The first kappa shape index (κ1) is 15.7. The summed E-state index contributed by atoms with van der Waals surface area (Å²) in [5.74, 6) is 1.41. The molecule has 5 nitrogen and oxygen atoms in total. The van der Waals surface area contributed by atoms with Crippen molar-refractivity contribution in [2.45, 2.75) is 56.3 Å². The Morgan fingerprint density at radius 2 is 2.12 bits per heavy atom. The monoisotopic (exact) mass is 342 g/mol. The molecule has 2 aliphatic carbocycles. The third kappa shape index (κ3) is 3.20. The van der Waals surface area contributed by atoms with E-state index in [1.165, 1.54) is 35.7 Å². The van der Waals surface area contributed by atoms with E-state index in [0.717, 1.165) is 30.2 Å². The number of carbonyl (C=O) groups excluding carboxylic acids is 1. The van der Waals surface area contributed by atoms with Crippen molar-refractivity contribution in [2.24, 2.45) is 0 Å². The molecule has 1 aromatic heterocycles. The van der Waals surface area contributed by atoms with Crippen LogP contribution in [0.1, 0.15) is 54.7 Å². The third-order valence-electron chi connectivity index (χ3n) is 4.78. The summed E-state index contributed by atoms with van der Waals surface area (Å²) in [6, 6.07) is 9.12. The number of benzene rings is 1. The van der Waals surface area contributed by atoms with Crippen molar-refractivity contribution in [1.82, 2.24) is 20.1 Å². The quantitative estimate of drug-likeness (QED) is 0.848. The lowest BCUT2D eigenvalue weighted by Gasteiger charge is -2.26. The van der Waals surface area contributed by atoms with Gasteiger partial charge in [-0.15, -0.1) is 10.2 Å². The molecule has 4 rings (SSSR count). The lowest BCUT2D eigenvalue weighted by atomic mass is 9.88. The summed E-state index contributed by atoms with van der Waals surface area (Å²) in [5.41, 5.74) is 2.64. The van der Waals surface area contributed by atoms with Crippen LogP contribution in [0.3, 0.4) is 0 Å². The van der Waals surface area contributed by atoms with Gasteiger partial charge in [0.05, 0.1) is 11.8 Å². The number of hydrogen-bond donors (Lipinski definition) is 1. The molecule has 0 saturated heterocycles. The molecule has 1 unspecified atom stereocenters. The second kappa shape index (κ2) is 6.59.